The molecule has 1 aliphatic heterocycles. The molecule has 13 nitrogen and oxygen atoms in total. The molecule has 3 N–H and O–H groups in total. The fraction of sp³-hybridized carbons (Fsp3) is 0.257. The van der Waals surface area contributed by atoms with Crippen molar-refractivity contribution in [3.8, 4) is 17.3 Å². The maximum Gasteiger partial charge on any atom is 0.318 e. The van der Waals surface area contributed by atoms with E-state index in [1.54, 1.807) is 22.8 Å². The van der Waals surface area contributed by atoms with Crippen LogP contribution in [0.25, 0.3) is 22.2 Å². The topological polar surface area (TPSA) is 142 Å². The molecule has 5 heterocycles. The highest BCUT2D eigenvalue weighted by molar-refractivity contribution is 6.06. The van der Waals surface area contributed by atoms with E-state index in [1.807, 2.05) is 86.6 Å². The van der Waals surface area contributed by atoms with Crippen molar-refractivity contribution in [2.24, 2.45) is 7.05 Å². The Morgan fingerprint density at radius 1 is 1.10 bits per heavy atom. The van der Waals surface area contributed by atoms with Crippen LogP contribution in [0.15, 0.2) is 73.2 Å². The molecule has 6 aromatic rings. The van der Waals surface area contributed by atoms with Crippen LogP contribution in [0.5, 0.6) is 6.01 Å². The van der Waals surface area contributed by atoms with E-state index in [0.717, 1.165) is 45.3 Å². The van der Waals surface area contributed by atoms with Gasteiger partial charge in [-0.1, -0.05) is 30.3 Å². The van der Waals surface area contributed by atoms with Crippen LogP contribution in [-0.2, 0) is 11.8 Å². The smallest absolute Gasteiger partial charge is 0.318 e. The lowest BCUT2D eigenvalue weighted by Crippen LogP contribution is -2.33. The van der Waals surface area contributed by atoms with Gasteiger partial charge in [-0.05, 0) is 44.0 Å². The van der Waals surface area contributed by atoms with Gasteiger partial charge in [-0.3, -0.25) is 14.4 Å². The third-order valence-corrected chi connectivity index (χ3v) is 8.60. The number of aromatic nitrogens is 7. The summed E-state index contributed by atoms with van der Waals surface area (Å²) >= 11 is 0. The highest BCUT2D eigenvalue weighted by Crippen LogP contribution is 2.34. The average molecular weight is 662 g/mol. The highest BCUT2D eigenvalue weighted by atomic mass is 19.1. The second-order valence-corrected chi connectivity index (χ2v) is 12.1. The van der Waals surface area contributed by atoms with E-state index in [9.17, 15) is 9.18 Å². The number of nitrogens with zero attached hydrogens (tertiary/aromatic N) is 8. The Hall–Kier alpha value is -5.89. The molecule has 49 heavy (non-hydrogen) atoms. The number of carbonyl (C=O) groups excluding carboxylic acids is 1. The molecule has 1 amide bonds. The van der Waals surface area contributed by atoms with E-state index in [0.29, 0.717) is 37.0 Å². The van der Waals surface area contributed by atoms with Gasteiger partial charge in [0.15, 0.2) is 17.5 Å². The van der Waals surface area contributed by atoms with Gasteiger partial charge in [0.2, 0.25) is 11.9 Å². The Bertz CT molecular complexity index is 2110. The monoisotopic (exact) mass is 661 g/mol. The van der Waals surface area contributed by atoms with Gasteiger partial charge >= 0.3 is 6.01 Å². The number of halogens is 1. The first-order chi connectivity index (χ1) is 23.7. The van der Waals surface area contributed by atoms with E-state index in [-0.39, 0.29) is 30.4 Å². The minimum Gasteiger partial charge on any atom is -0.459 e. The van der Waals surface area contributed by atoms with Crippen LogP contribution in [0.4, 0.5) is 33.3 Å². The molecule has 0 saturated carbocycles. The number of para-hydroxylation sites is 2. The minimum absolute atomic E-state index is 0.0957. The molecule has 0 bridgehead atoms. The number of likely N-dealkylation sites (tertiary alicyclic amines) is 1. The van der Waals surface area contributed by atoms with Crippen molar-refractivity contribution in [2.45, 2.75) is 26.4 Å². The van der Waals surface area contributed by atoms with Crippen LogP contribution >= 0.6 is 0 Å². The van der Waals surface area contributed by atoms with Crippen LogP contribution in [-0.4, -0.2) is 78.3 Å². The van der Waals surface area contributed by atoms with Crippen molar-refractivity contribution in [3.63, 3.8) is 0 Å². The van der Waals surface area contributed by atoms with Crippen molar-refractivity contribution >= 4 is 45.8 Å². The molecular weight excluding hydrogens is 625 g/mol. The molecule has 1 saturated heterocycles. The van der Waals surface area contributed by atoms with Gasteiger partial charge in [0.25, 0.3) is 0 Å². The number of hydrogen-bond acceptors (Lipinski definition) is 10. The number of aromatic amines is 1. The largest absolute Gasteiger partial charge is 0.459 e. The second kappa shape index (κ2) is 13.3. The van der Waals surface area contributed by atoms with Gasteiger partial charge in [-0.15, -0.1) is 0 Å². The van der Waals surface area contributed by atoms with Crippen molar-refractivity contribution in [1.29, 1.82) is 0 Å². The highest BCUT2D eigenvalue weighted by Gasteiger charge is 2.27. The van der Waals surface area contributed by atoms with Gasteiger partial charge < -0.3 is 25.3 Å². The summed E-state index contributed by atoms with van der Waals surface area (Å²) in [7, 11) is 3.62. The molecule has 2 aromatic carbocycles. The molecule has 1 unspecified atom stereocenters. The van der Waals surface area contributed by atoms with Crippen LogP contribution in [0, 0.1) is 19.7 Å². The Morgan fingerprint density at radius 3 is 2.73 bits per heavy atom. The molecule has 250 valence electrons. The number of amides is 1. The van der Waals surface area contributed by atoms with Gasteiger partial charge in [0, 0.05) is 68.0 Å². The van der Waals surface area contributed by atoms with Crippen LogP contribution in [0.2, 0.25) is 0 Å². The first-order valence-electron chi connectivity index (χ1n) is 15.9. The molecular formula is C35H36FN11O2. The number of rotatable bonds is 10. The third kappa shape index (κ3) is 6.76. The zero-order valence-electron chi connectivity index (χ0n) is 27.6. The van der Waals surface area contributed by atoms with Crippen molar-refractivity contribution in [3.05, 3.63) is 90.3 Å². The zero-order valence-corrected chi connectivity index (χ0v) is 27.6. The summed E-state index contributed by atoms with van der Waals surface area (Å²) in [6.07, 6.45) is 5.24. The predicted octanol–water partition coefficient (Wildman–Crippen LogP) is 5.51. The lowest BCUT2D eigenvalue weighted by molar-refractivity contribution is -0.117. The zero-order chi connectivity index (χ0) is 34.1. The van der Waals surface area contributed by atoms with Gasteiger partial charge in [0.05, 0.1) is 29.6 Å². The fourth-order valence-electron chi connectivity index (χ4n) is 5.95. The number of anilines is 5. The molecule has 0 spiro atoms. The normalized spacial score (nSPS) is 14.7. The van der Waals surface area contributed by atoms with E-state index in [2.05, 4.69) is 35.7 Å². The summed E-state index contributed by atoms with van der Waals surface area (Å²) in [4.78, 5) is 37.9. The number of H-pyrrole nitrogens is 1. The Kier molecular flexibility index (Phi) is 8.61. The first-order valence-corrected chi connectivity index (χ1v) is 15.9. The quantitative estimate of drug-likeness (QED) is 0.172. The van der Waals surface area contributed by atoms with E-state index < -0.39 is 5.82 Å². The number of benzene rings is 2. The lowest BCUT2D eigenvalue weighted by Gasteiger charge is -2.20. The second-order valence-electron chi connectivity index (χ2n) is 12.1. The summed E-state index contributed by atoms with van der Waals surface area (Å²) in [6.45, 7) is 5.30. The molecule has 1 atom stereocenters. The first kappa shape index (κ1) is 31.7. The Labute approximate surface area is 282 Å². The number of nitrogens with one attached hydrogen (secondary N) is 3. The van der Waals surface area contributed by atoms with E-state index in [1.165, 1.54) is 0 Å². The van der Waals surface area contributed by atoms with Crippen LogP contribution in [0.3, 0.4) is 0 Å². The van der Waals surface area contributed by atoms with Crippen molar-refractivity contribution < 1.29 is 13.9 Å². The molecule has 7 rings (SSSR count). The fourth-order valence-corrected chi connectivity index (χ4v) is 5.95. The SMILES string of the molecule is Cc1cnc(Nc2cc(C)n(C)n2)nc1-c1c[nH]c2c(NC(=O)CN3CCC(Oc4ncc(F)c(N(C)c5ccccc5)n4)C3)cccc12. The van der Waals surface area contributed by atoms with E-state index >= 15 is 0 Å². The summed E-state index contributed by atoms with van der Waals surface area (Å²) < 4.78 is 22.4. The summed E-state index contributed by atoms with van der Waals surface area (Å²) in [5.74, 6) is 0.538. The maximum absolute atomic E-state index is 14.6. The number of ether oxygens (including phenoxy) is 1. The van der Waals surface area contributed by atoms with Gasteiger partial charge in [-0.25, -0.2) is 19.3 Å². The van der Waals surface area contributed by atoms with Crippen LogP contribution in [0.1, 0.15) is 17.7 Å². The maximum atomic E-state index is 14.6. The number of hydrogen-bond donors (Lipinski definition) is 3. The van der Waals surface area contributed by atoms with E-state index in [4.69, 9.17) is 9.72 Å². The molecule has 0 radical (unpaired) electrons. The average Bonchev–Trinajstić information content (AvgIpc) is 3.81. The third-order valence-electron chi connectivity index (χ3n) is 8.60. The Morgan fingerprint density at radius 2 is 1.94 bits per heavy atom. The summed E-state index contributed by atoms with van der Waals surface area (Å²) in [5, 5.41) is 11.6. The minimum atomic E-state index is -0.544. The molecule has 1 fully saturated rings. The van der Waals surface area contributed by atoms with Crippen molar-refractivity contribution in [2.75, 3.05) is 42.2 Å². The predicted molar refractivity (Wildman–Crippen MR) is 186 cm³/mol. The molecule has 4 aromatic heterocycles. The molecule has 1 aliphatic rings. The molecule has 0 aliphatic carbocycles. The van der Waals surface area contributed by atoms with Crippen LogP contribution < -0.4 is 20.3 Å². The number of fused-ring (bicyclic) bond motifs is 1. The lowest BCUT2D eigenvalue weighted by atomic mass is 10.1. The number of carbonyl (C=O) groups is 1. The van der Waals surface area contributed by atoms with Gasteiger partial charge in [0.1, 0.15) is 6.10 Å². The number of aryl methyl sites for hydroxylation is 3. The summed E-state index contributed by atoms with van der Waals surface area (Å²) in [6, 6.07) is 17.2. The van der Waals surface area contributed by atoms with Crippen molar-refractivity contribution in [1.82, 2.24) is 39.6 Å². The van der Waals surface area contributed by atoms with Gasteiger partial charge in [-0.2, -0.15) is 10.1 Å². The molecule has 14 heteroatoms. The Balaban J connectivity index is 0.995. The standard InChI is InChI=1S/C35H36FN11O2/c1-21-16-38-34(41-29-15-22(2)46(4)44-29)42-31(21)26-17-37-32-25(26)11-8-12-28(32)40-30(48)20-47-14-13-24(19-47)49-35-39-18-27(36)33(43-35)45(3)23-9-6-5-7-10-23/h5-12,15-18,24,37H,13-14,19-20H2,1-4H3,(H,40,48)(H,38,41,42,44). The summed E-state index contributed by atoms with van der Waals surface area (Å²) in [5.41, 5.74) is 5.85.